The molecular weight excluding hydrogens is 606 g/mol. The van der Waals surface area contributed by atoms with Crippen molar-refractivity contribution in [3.63, 3.8) is 0 Å². The Labute approximate surface area is 307 Å². The second kappa shape index (κ2) is 40.1. The van der Waals surface area contributed by atoms with Crippen molar-refractivity contribution in [1.29, 1.82) is 0 Å². The molecular formula is C44H89NO4. The van der Waals surface area contributed by atoms with E-state index in [4.69, 9.17) is 0 Å². The van der Waals surface area contributed by atoms with E-state index in [0.717, 1.165) is 32.1 Å². The van der Waals surface area contributed by atoms with Crippen LogP contribution in [0.4, 0.5) is 0 Å². The minimum Gasteiger partial charge on any atom is -0.394 e. The molecule has 294 valence electrons. The van der Waals surface area contributed by atoms with Crippen LogP contribution in [0.5, 0.6) is 0 Å². The van der Waals surface area contributed by atoms with Crippen LogP contribution in [0.1, 0.15) is 251 Å². The highest BCUT2D eigenvalue weighted by atomic mass is 16.3. The summed E-state index contributed by atoms with van der Waals surface area (Å²) in [5.41, 5.74) is 0. The summed E-state index contributed by atoms with van der Waals surface area (Å²) in [6, 6.07) is -0.802. The predicted molar refractivity (Wildman–Crippen MR) is 213 cm³/mol. The van der Waals surface area contributed by atoms with Crippen molar-refractivity contribution in [2.45, 2.75) is 270 Å². The molecule has 0 saturated heterocycles. The molecule has 0 rings (SSSR count). The van der Waals surface area contributed by atoms with E-state index in [0.29, 0.717) is 12.8 Å². The van der Waals surface area contributed by atoms with Crippen LogP contribution in [0, 0.1) is 0 Å². The second-order valence-electron chi connectivity index (χ2n) is 15.6. The zero-order valence-electron chi connectivity index (χ0n) is 33.4. The Bertz CT molecular complexity index is 644. The fourth-order valence-electron chi connectivity index (χ4n) is 7.22. The topological polar surface area (TPSA) is 89.8 Å². The van der Waals surface area contributed by atoms with Crippen LogP contribution in [0.15, 0.2) is 0 Å². The summed E-state index contributed by atoms with van der Waals surface area (Å²) >= 11 is 0. The first-order valence-corrected chi connectivity index (χ1v) is 22.3. The molecule has 49 heavy (non-hydrogen) atoms. The van der Waals surface area contributed by atoms with E-state index in [1.165, 1.54) is 193 Å². The molecule has 0 fully saturated rings. The maximum absolute atomic E-state index is 12.4. The van der Waals surface area contributed by atoms with Crippen molar-refractivity contribution < 1.29 is 20.1 Å². The van der Waals surface area contributed by atoms with E-state index in [9.17, 15) is 20.1 Å². The van der Waals surface area contributed by atoms with Crippen LogP contribution in [0.2, 0.25) is 0 Å². The summed E-state index contributed by atoms with van der Waals surface area (Å²) in [5.74, 6) is -0.139. The Morgan fingerprint density at radius 2 is 0.694 bits per heavy atom. The number of aliphatic hydroxyl groups excluding tert-OH is 3. The summed E-state index contributed by atoms with van der Waals surface area (Å²) in [6.07, 6.45) is 45.0. The Morgan fingerprint density at radius 1 is 0.429 bits per heavy atom. The van der Waals surface area contributed by atoms with Gasteiger partial charge in [0, 0.05) is 6.42 Å². The van der Waals surface area contributed by atoms with Gasteiger partial charge in [0.1, 0.15) is 6.10 Å². The first-order chi connectivity index (χ1) is 24.1. The number of rotatable bonds is 41. The van der Waals surface area contributed by atoms with Crippen molar-refractivity contribution in [3.8, 4) is 0 Å². The highest BCUT2D eigenvalue weighted by Crippen LogP contribution is 2.17. The molecule has 0 spiro atoms. The third kappa shape index (κ3) is 35.5. The van der Waals surface area contributed by atoms with E-state index < -0.39 is 18.2 Å². The molecule has 0 aromatic heterocycles. The van der Waals surface area contributed by atoms with Gasteiger partial charge < -0.3 is 20.6 Å². The normalized spacial score (nSPS) is 13.5. The molecule has 0 saturated carbocycles. The summed E-state index contributed by atoms with van der Waals surface area (Å²) in [7, 11) is 0. The van der Waals surface area contributed by atoms with Gasteiger partial charge in [0.05, 0.1) is 18.8 Å². The average molecular weight is 696 g/mol. The number of amides is 1. The molecule has 0 bridgehead atoms. The van der Waals surface area contributed by atoms with Gasteiger partial charge in [-0.05, 0) is 12.8 Å². The molecule has 0 aromatic rings. The van der Waals surface area contributed by atoms with Crippen LogP contribution in [0.3, 0.4) is 0 Å². The SMILES string of the molecule is CCCCCCCCCCCCCCCCCCCCCCCC(=O)N[C@@H](CO)[C@H](O)[C@H](O)CCCCCCCCCCCCCCCC. The third-order valence-electron chi connectivity index (χ3n) is 10.7. The van der Waals surface area contributed by atoms with Crippen LogP contribution in [0.25, 0.3) is 0 Å². The molecule has 5 heteroatoms. The fourth-order valence-corrected chi connectivity index (χ4v) is 7.22. The van der Waals surface area contributed by atoms with Gasteiger partial charge in [-0.15, -0.1) is 0 Å². The highest BCUT2D eigenvalue weighted by Gasteiger charge is 2.26. The lowest BCUT2D eigenvalue weighted by Gasteiger charge is -2.26. The molecule has 0 unspecified atom stereocenters. The summed E-state index contributed by atoms with van der Waals surface area (Å²) in [4.78, 5) is 12.4. The largest absolute Gasteiger partial charge is 0.394 e. The maximum atomic E-state index is 12.4. The van der Waals surface area contributed by atoms with Gasteiger partial charge in [0.25, 0.3) is 0 Å². The average Bonchev–Trinajstić information content (AvgIpc) is 3.10. The second-order valence-corrected chi connectivity index (χ2v) is 15.6. The molecule has 0 aliphatic rings. The monoisotopic (exact) mass is 696 g/mol. The molecule has 1 amide bonds. The van der Waals surface area contributed by atoms with Gasteiger partial charge in [0.2, 0.25) is 5.91 Å². The quantitative estimate of drug-likeness (QED) is 0.0479. The molecule has 0 aromatic carbocycles. The van der Waals surface area contributed by atoms with E-state index in [-0.39, 0.29) is 12.5 Å². The minimum atomic E-state index is -1.13. The van der Waals surface area contributed by atoms with Crippen LogP contribution < -0.4 is 5.32 Å². The zero-order valence-corrected chi connectivity index (χ0v) is 33.4. The minimum absolute atomic E-state index is 0.139. The van der Waals surface area contributed by atoms with E-state index >= 15 is 0 Å². The third-order valence-corrected chi connectivity index (χ3v) is 10.7. The van der Waals surface area contributed by atoms with Crippen molar-refractivity contribution in [3.05, 3.63) is 0 Å². The van der Waals surface area contributed by atoms with Crippen LogP contribution in [-0.4, -0.2) is 46.1 Å². The van der Waals surface area contributed by atoms with E-state index in [2.05, 4.69) is 19.2 Å². The number of unbranched alkanes of at least 4 members (excludes halogenated alkanes) is 33. The van der Waals surface area contributed by atoms with Crippen molar-refractivity contribution in [2.75, 3.05) is 6.61 Å². The Balaban J connectivity index is 3.56. The van der Waals surface area contributed by atoms with Gasteiger partial charge in [0.15, 0.2) is 0 Å². The molecule has 0 aliphatic heterocycles. The predicted octanol–water partition coefficient (Wildman–Crippen LogP) is 12.7. The molecule has 0 radical (unpaired) electrons. The Kier molecular flexibility index (Phi) is 39.6. The van der Waals surface area contributed by atoms with Crippen molar-refractivity contribution in [1.82, 2.24) is 5.32 Å². The molecule has 3 atom stereocenters. The van der Waals surface area contributed by atoms with Gasteiger partial charge in [-0.1, -0.05) is 232 Å². The smallest absolute Gasteiger partial charge is 0.220 e. The summed E-state index contributed by atoms with van der Waals surface area (Å²) < 4.78 is 0. The maximum Gasteiger partial charge on any atom is 0.220 e. The number of carbonyl (C=O) groups excluding carboxylic acids is 1. The van der Waals surface area contributed by atoms with Crippen molar-refractivity contribution >= 4 is 5.91 Å². The Hall–Kier alpha value is -0.650. The number of carbonyl (C=O) groups is 1. The summed E-state index contributed by atoms with van der Waals surface area (Å²) in [5, 5.41) is 33.5. The zero-order chi connectivity index (χ0) is 35.9. The number of nitrogens with one attached hydrogen (secondary N) is 1. The van der Waals surface area contributed by atoms with Crippen LogP contribution in [-0.2, 0) is 4.79 Å². The number of hydrogen-bond donors (Lipinski definition) is 4. The fraction of sp³-hybridized carbons (Fsp3) is 0.977. The standard InChI is InChI=1S/C44H89NO4/c1-3-5-7-9-11-13-15-17-19-20-21-22-23-24-25-27-29-31-33-35-37-39-43(48)45-41(40-46)44(49)42(47)38-36-34-32-30-28-26-18-16-14-12-10-8-6-4-2/h41-42,44,46-47,49H,3-40H2,1-2H3,(H,45,48)/t41-,42+,44-/m0/s1. The van der Waals surface area contributed by atoms with Gasteiger partial charge in [-0.3, -0.25) is 4.79 Å². The summed E-state index contributed by atoms with van der Waals surface area (Å²) in [6.45, 7) is 4.20. The van der Waals surface area contributed by atoms with E-state index in [1.54, 1.807) is 0 Å². The number of hydrogen-bond acceptors (Lipinski definition) is 4. The van der Waals surface area contributed by atoms with Crippen LogP contribution >= 0.6 is 0 Å². The highest BCUT2D eigenvalue weighted by molar-refractivity contribution is 5.76. The molecule has 4 N–H and O–H groups in total. The number of aliphatic hydroxyl groups is 3. The van der Waals surface area contributed by atoms with Gasteiger partial charge >= 0.3 is 0 Å². The molecule has 0 heterocycles. The van der Waals surface area contributed by atoms with Crippen molar-refractivity contribution in [2.24, 2.45) is 0 Å². The first kappa shape index (κ1) is 48.3. The van der Waals surface area contributed by atoms with E-state index in [1.807, 2.05) is 0 Å². The van der Waals surface area contributed by atoms with Gasteiger partial charge in [-0.2, -0.15) is 0 Å². The lowest BCUT2D eigenvalue weighted by atomic mass is 9.99. The lowest BCUT2D eigenvalue weighted by molar-refractivity contribution is -0.124. The van der Waals surface area contributed by atoms with Gasteiger partial charge in [-0.25, -0.2) is 0 Å². The molecule has 5 nitrogen and oxygen atoms in total. The lowest BCUT2D eigenvalue weighted by Crippen LogP contribution is -2.50. The molecule has 0 aliphatic carbocycles. The Morgan fingerprint density at radius 3 is 0.980 bits per heavy atom. The first-order valence-electron chi connectivity index (χ1n) is 22.3.